The maximum Gasteiger partial charge on any atom is 0.324 e. The average Bonchev–Trinajstić information content (AvgIpc) is 2.76. The molecule has 1 fully saturated rings. The third-order valence-electron chi connectivity index (χ3n) is 3.63. The maximum atomic E-state index is 12.4. The highest BCUT2D eigenvalue weighted by Gasteiger charge is 2.36. The van der Waals surface area contributed by atoms with E-state index in [1.54, 1.807) is 22.2 Å². The summed E-state index contributed by atoms with van der Waals surface area (Å²) in [4.78, 5) is 19.9. The molecule has 1 atom stereocenters. The molecular weight excluding hydrogens is 252 g/mol. The predicted octanol–water partition coefficient (Wildman–Crippen LogP) is 2.28. The predicted molar refractivity (Wildman–Crippen MR) is 78.3 cm³/mol. The monoisotopic (exact) mass is 268 g/mol. The zero-order chi connectivity index (χ0) is 14.1. The van der Waals surface area contributed by atoms with Crippen LogP contribution in [0.25, 0.3) is 0 Å². The van der Waals surface area contributed by atoms with E-state index in [2.05, 4.69) is 4.98 Å². The van der Waals surface area contributed by atoms with E-state index in [4.69, 9.17) is 5.73 Å². The number of hydrogen-bond acceptors (Lipinski definition) is 3. The number of urea groups is 1. The Bertz CT molecular complexity index is 629. The summed E-state index contributed by atoms with van der Waals surface area (Å²) in [6.45, 7) is 0.614. The van der Waals surface area contributed by atoms with Crippen molar-refractivity contribution >= 4 is 17.4 Å². The van der Waals surface area contributed by atoms with Gasteiger partial charge in [0.2, 0.25) is 0 Å². The van der Waals surface area contributed by atoms with Crippen molar-refractivity contribution in [1.29, 1.82) is 0 Å². The SMILES string of the molecule is CN1C(=O)N(c2cccc(N)c2)CC1c1ccncc1. The summed E-state index contributed by atoms with van der Waals surface area (Å²) in [5.74, 6) is 0. The Morgan fingerprint density at radius 3 is 2.70 bits per heavy atom. The summed E-state index contributed by atoms with van der Waals surface area (Å²) < 4.78 is 0. The largest absolute Gasteiger partial charge is 0.399 e. The van der Waals surface area contributed by atoms with Crippen LogP contribution in [0.5, 0.6) is 0 Å². The molecule has 0 radical (unpaired) electrons. The Labute approximate surface area is 117 Å². The number of aromatic nitrogens is 1. The first-order valence-electron chi connectivity index (χ1n) is 6.46. The molecule has 20 heavy (non-hydrogen) atoms. The Morgan fingerprint density at radius 2 is 2.00 bits per heavy atom. The van der Waals surface area contributed by atoms with Crippen LogP contribution in [0.3, 0.4) is 0 Å². The van der Waals surface area contributed by atoms with E-state index in [1.807, 2.05) is 43.4 Å². The smallest absolute Gasteiger partial charge is 0.324 e. The number of likely N-dealkylation sites (N-methyl/N-ethyl adjacent to an activating group) is 1. The number of hydrogen-bond donors (Lipinski definition) is 1. The van der Waals surface area contributed by atoms with Gasteiger partial charge < -0.3 is 10.6 Å². The van der Waals surface area contributed by atoms with Gasteiger partial charge in [-0.1, -0.05) is 6.07 Å². The van der Waals surface area contributed by atoms with Gasteiger partial charge in [-0.2, -0.15) is 0 Å². The van der Waals surface area contributed by atoms with Crippen LogP contribution in [-0.4, -0.2) is 29.5 Å². The van der Waals surface area contributed by atoms with Gasteiger partial charge in [0.05, 0.1) is 12.6 Å². The molecule has 1 unspecified atom stereocenters. The first-order chi connectivity index (χ1) is 9.66. The molecule has 0 aliphatic carbocycles. The molecule has 1 aliphatic rings. The van der Waals surface area contributed by atoms with Gasteiger partial charge in [0, 0.05) is 30.8 Å². The second-order valence-corrected chi connectivity index (χ2v) is 4.90. The van der Waals surface area contributed by atoms with Crippen LogP contribution in [-0.2, 0) is 0 Å². The molecule has 2 N–H and O–H groups in total. The van der Waals surface area contributed by atoms with Gasteiger partial charge in [0.25, 0.3) is 0 Å². The number of anilines is 2. The number of nitrogens with zero attached hydrogens (tertiary/aromatic N) is 3. The van der Waals surface area contributed by atoms with Crippen molar-refractivity contribution in [2.45, 2.75) is 6.04 Å². The van der Waals surface area contributed by atoms with Crippen molar-refractivity contribution in [2.24, 2.45) is 0 Å². The zero-order valence-corrected chi connectivity index (χ0v) is 11.2. The average molecular weight is 268 g/mol. The van der Waals surface area contributed by atoms with E-state index in [-0.39, 0.29) is 12.1 Å². The molecule has 1 aliphatic heterocycles. The minimum atomic E-state index is -0.0163. The Balaban J connectivity index is 1.91. The highest BCUT2D eigenvalue weighted by atomic mass is 16.2. The third-order valence-corrected chi connectivity index (χ3v) is 3.63. The first-order valence-corrected chi connectivity index (χ1v) is 6.46. The van der Waals surface area contributed by atoms with Crippen LogP contribution >= 0.6 is 0 Å². The lowest BCUT2D eigenvalue weighted by molar-refractivity contribution is 0.219. The fourth-order valence-electron chi connectivity index (χ4n) is 2.52. The lowest BCUT2D eigenvalue weighted by atomic mass is 10.1. The topological polar surface area (TPSA) is 62.5 Å². The van der Waals surface area contributed by atoms with Crippen molar-refractivity contribution in [2.75, 3.05) is 24.2 Å². The van der Waals surface area contributed by atoms with Crippen LogP contribution < -0.4 is 10.6 Å². The summed E-state index contributed by atoms with van der Waals surface area (Å²) in [6.07, 6.45) is 3.49. The molecule has 102 valence electrons. The second-order valence-electron chi connectivity index (χ2n) is 4.90. The normalized spacial score (nSPS) is 18.6. The standard InChI is InChI=1S/C15H16N4O/c1-18-14(11-5-7-17-8-6-11)10-19(15(18)20)13-4-2-3-12(16)9-13/h2-9,14H,10,16H2,1H3. The maximum absolute atomic E-state index is 12.4. The fourth-order valence-corrected chi connectivity index (χ4v) is 2.52. The number of pyridine rings is 1. The summed E-state index contributed by atoms with van der Waals surface area (Å²) in [7, 11) is 1.82. The van der Waals surface area contributed by atoms with E-state index in [0.717, 1.165) is 11.3 Å². The lowest BCUT2D eigenvalue weighted by Gasteiger charge is -2.17. The van der Waals surface area contributed by atoms with E-state index >= 15 is 0 Å². The molecular formula is C15H16N4O. The van der Waals surface area contributed by atoms with Crippen LogP contribution in [0, 0.1) is 0 Å². The minimum absolute atomic E-state index is 0.0163. The van der Waals surface area contributed by atoms with Crippen LogP contribution in [0.1, 0.15) is 11.6 Å². The summed E-state index contributed by atoms with van der Waals surface area (Å²) in [6, 6.07) is 11.3. The lowest BCUT2D eigenvalue weighted by Crippen LogP contribution is -2.29. The Morgan fingerprint density at radius 1 is 1.25 bits per heavy atom. The molecule has 3 rings (SSSR count). The van der Waals surface area contributed by atoms with Crippen molar-refractivity contribution in [3.63, 3.8) is 0 Å². The zero-order valence-electron chi connectivity index (χ0n) is 11.2. The Kier molecular flexibility index (Phi) is 3.02. The van der Waals surface area contributed by atoms with Crippen LogP contribution in [0.4, 0.5) is 16.2 Å². The molecule has 1 saturated heterocycles. The number of carbonyl (C=O) groups is 1. The quantitative estimate of drug-likeness (QED) is 0.850. The summed E-state index contributed by atoms with van der Waals surface area (Å²) >= 11 is 0. The molecule has 2 aromatic rings. The van der Waals surface area contributed by atoms with Gasteiger partial charge in [-0.15, -0.1) is 0 Å². The number of rotatable bonds is 2. The molecule has 0 spiro atoms. The number of nitrogen functional groups attached to an aromatic ring is 1. The van der Waals surface area contributed by atoms with E-state index in [1.165, 1.54) is 0 Å². The van der Waals surface area contributed by atoms with Gasteiger partial charge in [0.1, 0.15) is 0 Å². The number of nitrogens with two attached hydrogens (primary N) is 1. The van der Waals surface area contributed by atoms with Gasteiger partial charge in [0.15, 0.2) is 0 Å². The van der Waals surface area contributed by atoms with Gasteiger partial charge >= 0.3 is 6.03 Å². The van der Waals surface area contributed by atoms with Crippen molar-refractivity contribution in [1.82, 2.24) is 9.88 Å². The molecule has 1 aromatic heterocycles. The molecule has 5 heteroatoms. The molecule has 0 bridgehead atoms. The first kappa shape index (κ1) is 12.5. The minimum Gasteiger partial charge on any atom is -0.399 e. The van der Waals surface area contributed by atoms with Crippen molar-refractivity contribution < 1.29 is 4.79 Å². The highest BCUT2D eigenvalue weighted by molar-refractivity contribution is 5.95. The third kappa shape index (κ3) is 2.07. The van der Waals surface area contributed by atoms with Crippen molar-refractivity contribution in [3.8, 4) is 0 Å². The number of amides is 2. The number of benzene rings is 1. The molecule has 5 nitrogen and oxygen atoms in total. The summed E-state index contributed by atoms with van der Waals surface area (Å²) in [5, 5.41) is 0. The summed E-state index contributed by atoms with van der Waals surface area (Å²) in [5.41, 5.74) is 8.37. The van der Waals surface area contributed by atoms with E-state index in [9.17, 15) is 4.79 Å². The molecule has 2 heterocycles. The van der Waals surface area contributed by atoms with E-state index in [0.29, 0.717) is 12.2 Å². The van der Waals surface area contributed by atoms with Gasteiger partial charge in [-0.3, -0.25) is 9.88 Å². The molecule has 2 amide bonds. The van der Waals surface area contributed by atoms with Crippen LogP contribution in [0.2, 0.25) is 0 Å². The van der Waals surface area contributed by atoms with Crippen molar-refractivity contribution in [3.05, 3.63) is 54.4 Å². The Hall–Kier alpha value is -2.56. The number of carbonyl (C=O) groups excluding carboxylic acids is 1. The molecule has 0 saturated carbocycles. The van der Waals surface area contributed by atoms with E-state index < -0.39 is 0 Å². The fraction of sp³-hybridized carbons (Fsp3) is 0.200. The second kappa shape index (κ2) is 4.85. The highest BCUT2D eigenvalue weighted by Crippen LogP contribution is 2.31. The van der Waals surface area contributed by atoms with Crippen LogP contribution in [0.15, 0.2) is 48.8 Å². The van der Waals surface area contributed by atoms with Gasteiger partial charge in [-0.05, 0) is 35.9 Å². The van der Waals surface area contributed by atoms with Gasteiger partial charge in [-0.25, -0.2) is 4.79 Å². The molecule has 1 aromatic carbocycles.